The number of hydrogen-bond acceptors (Lipinski definition) is 12. The molecule has 6 rings (SSSR count). The van der Waals surface area contributed by atoms with Crippen molar-refractivity contribution in [3.63, 3.8) is 0 Å². The molecule has 1 amide bonds. The Hall–Kier alpha value is -6.63. The zero-order chi connectivity index (χ0) is 48.7. The third kappa shape index (κ3) is 11.5. The first-order valence-corrected chi connectivity index (χ1v) is 21.6. The molecular weight excluding hydrogens is 891 g/mol. The molecule has 0 fully saturated rings. The number of amides is 1. The van der Waals surface area contributed by atoms with Crippen LogP contribution in [-0.4, -0.2) is 77.5 Å². The second-order valence-corrected chi connectivity index (χ2v) is 16.6. The number of alkyl halides is 6. The van der Waals surface area contributed by atoms with Gasteiger partial charge in [0.1, 0.15) is 11.5 Å². The van der Waals surface area contributed by atoms with Gasteiger partial charge in [0, 0.05) is 81.4 Å². The zero-order valence-corrected chi connectivity index (χ0v) is 37.2. The van der Waals surface area contributed by atoms with Crippen LogP contribution in [0.3, 0.4) is 0 Å². The number of hydrogen-bond donors (Lipinski definition) is 2. The van der Waals surface area contributed by atoms with Gasteiger partial charge in [-0.05, 0) is 61.4 Å². The van der Waals surface area contributed by atoms with Gasteiger partial charge >= 0.3 is 30.3 Å². The predicted molar refractivity (Wildman–Crippen MR) is 233 cm³/mol. The fourth-order valence-electron chi connectivity index (χ4n) is 7.91. The van der Waals surface area contributed by atoms with Gasteiger partial charge in [0.2, 0.25) is 5.91 Å². The molecule has 19 heteroatoms. The number of esters is 2. The van der Waals surface area contributed by atoms with Crippen LogP contribution in [0.1, 0.15) is 117 Å². The minimum atomic E-state index is -5.29. The van der Waals surface area contributed by atoms with E-state index in [1.807, 2.05) is 74.4 Å². The first-order valence-electron chi connectivity index (χ1n) is 21.6. The topological polar surface area (TPSA) is 153 Å². The monoisotopic (exact) mass is 940 g/mol. The number of benzene rings is 4. The molecule has 0 saturated carbocycles. The Morgan fingerprint density at radius 2 is 1.21 bits per heavy atom. The summed E-state index contributed by atoms with van der Waals surface area (Å²) >= 11 is 0. The normalized spacial score (nSPS) is 13.4. The summed E-state index contributed by atoms with van der Waals surface area (Å²) in [4.78, 5) is 72.4. The van der Waals surface area contributed by atoms with Crippen molar-refractivity contribution in [1.82, 2.24) is 10.8 Å². The van der Waals surface area contributed by atoms with E-state index in [9.17, 15) is 50.3 Å². The Morgan fingerprint density at radius 3 is 1.76 bits per heavy atom. The van der Waals surface area contributed by atoms with Crippen LogP contribution >= 0.6 is 0 Å². The summed E-state index contributed by atoms with van der Waals surface area (Å²) in [6, 6.07) is 17.4. The number of Topliss-reactive ketones (excluding diaryl/α,β-unsaturated/α-hetero) is 1. The summed E-state index contributed by atoms with van der Waals surface area (Å²) in [6.45, 7) is -1.36. The molecule has 0 bridgehead atoms. The van der Waals surface area contributed by atoms with E-state index in [1.165, 1.54) is 6.07 Å². The Balaban J connectivity index is 0.868. The number of halogens is 6. The van der Waals surface area contributed by atoms with Crippen molar-refractivity contribution in [1.29, 1.82) is 0 Å². The molecular formula is C48H50F6N4O9. The van der Waals surface area contributed by atoms with Gasteiger partial charge in [0.05, 0.1) is 34.4 Å². The van der Waals surface area contributed by atoms with Crippen LogP contribution in [0.15, 0.2) is 72.8 Å². The lowest BCUT2D eigenvalue weighted by atomic mass is 9.77. The largest absolute Gasteiger partial charge is 0.456 e. The maximum Gasteiger partial charge on any atom is 0.417 e. The highest BCUT2D eigenvalue weighted by Crippen LogP contribution is 2.57. The summed E-state index contributed by atoms with van der Waals surface area (Å²) in [6.07, 6.45) is -4.09. The van der Waals surface area contributed by atoms with Gasteiger partial charge in [-0.3, -0.25) is 9.59 Å². The molecule has 4 aromatic carbocycles. The number of carbonyl (C=O) groups is 5. The fraction of sp³-hybridized carbons (Fsp3) is 0.396. The molecule has 67 heavy (non-hydrogen) atoms. The van der Waals surface area contributed by atoms with Crippen LogP contribution < -0.4 is 25.3 Å². The van der Waals surface area contributed by atoms with Gasteiger partial charge in [-0.25, -0.2) is 14.4 Å². The SMILES string of the molecule is CN(C)c1ccc2c(c1)Oc1cc(N(C)C)ccc1C21OC(=O)c2cc(C(=O)ONCCCCCCCCCCC(=O)NCC(=O)COC(=O)c3c(C(F)(F)F)cccc3C(F)(F)F)ccc21. The van der Waals surface area contributed by atoms with Gasteiger partial charge in [-0.1, -0.05) is 50.7 Å². The number of rotatable bonds is 20. The highest BCUT2D eigenvalue weighted by molar-refractivity contribution is 6.00. The fourth-order valence-corrected chi connectivity index (χ4v) is 7.91. The molecule has 0 atom stereocenters. The van der Waals surface area contributed by atoms with Gasteiger partial charge in [0.25, 0.3) is 0 Å². The second kappa shape index (κ2) is 20.9. The minimum absolute atomic E-state index is 0.0795. The van der Waals surface area contributed by atoms with Crippen molar-refractivity contribution in [2.24, 2.45) is 0 Å². The molecule has 0 aromatic heterocycles. The second-order valence-electron chi connectivity index (χ2n) is 16.6. The maximum absolute atomic E-state index is 13.6. The number of nitrogens with one attached hydrogen (secondary N) is 2. The van der Waals surface area contributed by atoms with Crippen LogP contribution in [0.5, 0.6) is 11.5 Å². The van der Waals surface area contributed by atoms with Gasteiger partial charge in [-0.2, -0.15) is 31.8 Å². The minimum Gasteiger partial charge on any atom is -0.456 e. The highest BCUT2D eigenvalue weighted by atomic mass is 19.4. The number of hydroxylamine groups is 1. The third-order valence-corrected chi connectivity index (χ3v) is 11.4. The first kappa shape index (κ1) is 49.8. The summed E-state index contributed by atoms with van der Waals surface area (Å²) in [5.41, 5.74) is 0.0752. The van der Waals surface area contributed by atoms with E-state index < -0.39 is 77.4 Å². The Kier molecular flexibility index (Phi) is 15.5. The molecule has 2 aliphatic rings. The van der Waals surface area contributed by atoms with Crippen molar-refractivity contribution < 1.29 is 69.4 Å². The van der Waals surface area contributed by atoms with Crippen molar-refractivity contribution in [2.75, 3.05) is 57.7 Å². The zero-order valence-electron chi connectivity index (χ0n) is 37.2. The number of ketones is 1. The van der Waals surface area contributed by atoms with E-state index in [0.29, 0.717) is 59.4 Å². The van der Waals surface area contributed by atoms with Gasteiger partial charge < -0.3 is 34.2 Å². The molecule has 0 aliphatic carbocycles. The number of carbonyl (C=O) groups excluding carboxylic acids is 5. The molecule has 2 N–H and O–H groups in total. The summed E-state index contributed by atoms with van der Waals surface area (Å²) in [5, 5.41) is 2.30. The number of fused-ring (bicyclic) bond motifs is 6. The van der Waals surface area contributed by atoms with E-state index in [1.54, 1.807) is 12.1 Å². The predicted octanol–water partition coefficient (Wildman–Crippen LogP) is 9.14. The summed E-state index contributed by atoms with van der Waals surface area (Å²) in [7, 11) is 7.69. The van der Waals surface area contributed by atoms with Crippen LogP contribution in [0.4, 0.5) is 37.7 Å². The molecule has 1 spiro atoms. The van der Waals surface area contributed by atoms with Crippen molar-refractivity contribution in [3.05, 3.63) is 117 Å². The van der Waals surface area contributed by atoms with E-state index in [4.69, 9.17) is 14.3 Å². The van der Waals surface area contributed by atoms with Crippen LogP contribution in [0.2, 0.25) is 0 Å². The van der Waals surface area contributed by atoms with Crippen molar-refractivity contribution in [3.8, 4) is 11.5 Å². The average Bonchev–Trinajstić information content (AvgIpc) is 3.57. The lowest BCUT2D eigenvalue weighted by molar-refractivity contribution is -0.144. The van der Waals surface area contributed by atoms with Crippen LogP contribution in [0, 0.1) is 0 Å². The number of ether oxygens (including phenoxy) is 3. The summed E-state index contributed by atoms with van der Waals surface area (Å²) in [5.74, 6) is -3.54. The molecule has 4 aromatic rings. The van der Waals surface area contributed by atoms with Crippen LogP contribution in [0.25, 0.3) is 0 Å². The molecule has 0 unspecified atom stereocenters. The first-order chi connectivity index (χ1) is 31.7. The quantitative estimate of drug-likeness (QED) is 0.0286. The molecule has 0 saturated heterocycles. The molecule has 2 aliphatic heterocycles. The smallest absolute Gasteiger partial charge is 0.417 e. The Labute approximate surface area is 382 Å². The van der Waals surface area contributed by atoms with E-state index in [-0.39, 0.29) is 17.5 Å². The lowest BCUT2D eigenvalue weighted by Gasteiger charge is -2.37. The van der Waals surface area contributed by atoms with E-state index >= 15 is 0 Å². The number of anilines is 2. The Bertz CT molecular complexity index is 2420. The highest BCUT2D eigenvalue weighted by Gasteiger charge is 2.54. The molecule has 358 valence electrons. The Morgan fingerprint density at radius 1 is 0.672 bits per heavy atom. The summed E-state index contributed by atoms with van der Waals surface area (Å²) < 4.78 is 97.2. The van der Waals surface area contributed by atoms with Gasteiger partial charge in [-0.15, -0.1) is 0 Å². The van der Waals surface area contributed by atoms with E-state index in [0.717, 1.165) is 56.3 Å². The number of nitrogens with zero attached hydrogens (tertiary/aromatic N) is 2. The molecule has 2 heterocycles. The molecule has 0 radical (unpaired) electrons. The van der Waals surface area contributed by atoms with Crippen molar-refractivity contribution >= 4 is 41.0 Å². The third-order valence-electron chi connectivity index (χ3n) is 11.4. The average molecular weight is 941 g/mol. The van der Waals surface area contributed by atoms with Crippen LogP contribution in [-0.2, 0) is 41.9 Å². The maximum atomic E-state index is 13.6. The number of unbranched alkanes of at least 4 members (excludes halogenated alkanes) is 7. The lowest BCUT2D eigenvalue weighted by Crippen LogP contribution is -2.33. The standard InChI is InChI=1S/C48H50F6N4O9/c1-57(2)30-18-21-35-39(25-30)65-40-26-31(58(3)4)19-22-36(40)46(35)34-20-17-29(24-33(34)44(62)66-46)43(61)67-56-23-12-10-8-6-5-7-9-11-16-41(60)55-27-32(59)28-64-45(63)42-37(47(49,50)51)14-13-15-38(42)48(52,53)54/h13-15,17-22,24-26,56H,5-12,16,23,27-28H2,1-4H3,(H,55,60). The molecule has 13 nitrogen and oxygen atoms in total. The van der Waals surface area contributed by atoms with E-state index in [2.05, 4.69) is 15.5 Å². The van der Waals surface area contributed by atoms with Gasteiger partial charge in [0.15, 0.2) is 18.0 Å². The van der Waals surface area contributed by atoms with Crippen molar-refractivity contribution in [2.45, 2.75) is 75.7 Å².